The number of hydrogen-bond donors (Lipinski definition) is 0. The van der Waals surface area contributed by atoms with Gasteiger partial charge in [-0.3, -0.25) is 9.97 Å². The number of aromatic nitrogens is 2. The molecule has 0 fully saturated rings. The van der Waals surface area contributed by atoms with E-state index in [0.29, 0.717) is 22.5 Å². The molecule has 4 nitrogen and oxygen atoms in total. The normalized spacial score (nSPS) is 9.56. The van der Waals surface area contributed by atoms with Crippen molar-refractivity contribution in [3.63, 3.8) is 0 Å². The summed E-state index contributed by atoms with van der Waals surface area (Å²) in [5, 5.41) is 0. The van der Waals surface area contributed by atoms with Crippen molar-refractivity contribution in [3.8, 4) is 23.7 Å². The number of ether oxygens (including phenoxy) is 1. The van der Waals surface area contributed by atoms with Crippen molar-refractivity contribution in [2.45, 2.75) is 0 Å². The van der Waals surface area contributed by atoms with Crippen LogP contribution in [0.2, 0.25) is 0 Å². The lowest BCUT2D eigenvalue weighted by Crippen LogP contribution is -2.01. The maximum Gasteiger partial charge on any atom is 0.339 e. The summed E-state index contributed by atoms with van der Waals surface area (Å²) in [7, 11) is 1.33. The SMILES string of the molecule is C#Cc1ccc(-c2ccc(C(=O)OC)cn2)nc1. The number of esters is 1. The molecule has 0 spiro atoms. The number of hydrogen-bond acceptors (Lipinski definition) is 4. The predicted octanol–water partition coefficient (Wildman–Crippen LogP) is 1.91. The van der Waals surface area contributed by atoms with Crippen molar-refractivity contribution in [2.24, 2.45) is 0 Å². The van der Waals surface area contributed by atoms with Gasteiger partial charge in [0.15, 0.2) is 0 Å². The van der Waals surface area contributed by atoms with Gasteiger partial charge in [0.05, 0.1) is 24.1 Å². The zero-order chi connectivity index (χ0) is 13.0. The van der Waals surface area contributed by atoms with Crippen LogP contribution in [0, 0.1) is 12.3 Å². The second-order valence-electron chi connectivity index (χ2n) is 3.50. The number of rotatable bonds is 2. The van der Waals surface area contributed by atoms with Crippen LogP contribution in [0.15, 0.2) is 36.7 Å². The van der Waals surface area contributed by atoms with Gasteiger partial charge in [-0.2, -0.15) is 0 Å². The van der Waals surface area contributed by atoms with Crippen LogP contribution in [-0.4, -0.2) is 23.0 Å². The molecule has 0 N–H and O–H groups in total. The quantitative estimate of drug-likeness (QED) is 0.592. The third-order valence-electron chi connectivity index (χ3n) is 2.38. The summed E-state index contributed by atoms with van der Waals surface area (Å²) in [6.07, 6.45) is 8.31. The molecule has 0 atom stereocenters. The third kappa shape index (κ3) is 2.36. The molecule has 2 aromatic rings. The summed E-state index contributed by atoms with van der Waals surface area (Å²) in [4.78, 5) is 19.6. The van der Waals surface area contributed by atoms with Crippen LogP contribution in [0.25, 0.3) is 11.4 Å². The van der Waals surface area contributed by atoms with Crippen LogP contribution >= 0.6 is 0 Å². The van der Waals surface area contributed by atoms with Crippen molar-refractivity contribution < 1.29 is 9.53 Å². The standard InChI is InChI=1S/C14H10N2O2/c1-3-10-4-6-12(15-8-10)13-7-5-11(9-16-13)14(17)18-2/h1,4-9H,2H3. The Kier molecular flexibility index (Phi) is 3.35. The van der Waals surface area contributed by atoms with Gasteiger partial charge in [-0.05, 0) is 24.3 Å². The Bertz CT molecular complexity index is 595. The average molecular weight is 238 g/mol. The van der Waals surface area contributed by atoms with Gasteiger partial charge in [-0.1, -0.05) is 5.92 Å². The Morgan fingerprint density at radius 1 is 1.17 bits per heavy atom. The highest BCUT2D eigenvalue weighted by molar-refractivity contribution is 5.89. The molecule has 2 heterocycles. The molecule has 0 amide bonds. The van der Waals surface area contributed by atoms with Crippen LogP contribution in [0.3, 0.4) is 0 Å². The topological polar surface area (TPSA) is 52.1 Å². The van der Waals surface area contributed by atoms with Crippen molar-refractivity contribution >= 4 is 5.97 Å². The fourth-order valence-electron chi connectivity index (χ4n) is 1.41. The number of carbonyl (C=O) groups is 1. The van der Waals surface area contributed by atoms with Crippen LogP contribution in [0.1, 0.15) is 15.9 Å². The fourth-order valence-corrected chi connectivity index (χ4v) is 1.41. The molecular formula is C14H10N2O2. The first kappa shape index (κ1) is 11.8. The van der Waals surface area contributed by atoms with Crippen LogP contribution in [0.5, 0.6) is 0 Å². The molecule has 2 rings (SSSR count). The molecule has 0 aliphatic rings. The van der Waals surface area contributed by atoms with E-state index in [1.165, 1.54) is 13.3 Å². The molecule has 0 aromatic carbocycles. The summed E-state index contributed by atoms with van der Waals surface area (Å²) >= 11 is 0. The highest BCUT2D eigenvalue weighted by Gasteiger charge is 2.06. The Balaban J connectivity index is 2.29. The highest BCUT2D eigenvalue weighted by atomic mass is 16.5. The van der Waals surface area contributed by atoms with Crippen LogP contribution in [0.4, 0.5) is 0 Å². The largest absolute Gasteiger partial charge is 0.465 e. The summed E-state index contributed by atoms with van der Waals surface area (Å²) in [6, 6.07) is 6.93. The first-order chi connectivity index (χ1) is 8.74. The summed E-state index contributed by atoms with van der Waals surface area (Å²) < 4.78 is 4.60. The van der Waals surface area contributed by atoms with E-state index in [0.717, 1.165) is 0 Å². The van der Waals surface area contributed by atoms with E-state index < -0.39 is 5.97 Å². The van der Waals surface area contributed by atoms with Crippen molar-refractivity contribution in [1.29, 1.82) is 0 Å². The lowest BCUT2D eigenvalue weighted by molar-refractivity contribution is 0.0600. The van der Waals surface area contributed by atoms with Gasteiger partial charge in [0.25, 0.3) is 0 Å². The number of pyridine rings is 2. The molecule has 0 saturated carbocycles. The Morgan fingerprint density at radius 2 is 1.83 bits per heavy atom. The molecule has 0 saturated heterocycles. The van der Waals surface area contributed by atoms with E-state index in [1.54, 1.807) is 30.5 Å². The lowest BCUT2D eigenvalue weighted by atomic mass is 10.2. The van der Waals surface area contributed by atoms with Gasteiger partial charge in [0, 0.05) is 18.0 Å². The molecule has 0 unspecified atom stereocenters. The minimum atomic E-state index is -0.412. The number of methoxy groups -OCH3 is 1. The maximum atomic E-state index is 11.2. The molecule has 0 radical (unpaired) electrons. The zero-order valence-electron chi connectivity index (χ0n) is 9.75. The molecule has 0 aliphatic heterocycles. The van der Waals surface area contributed by atoms with E-state index in [-0.39, 0.29) is 0 Å². The van der Waals surface area contributed by atoms with Crippen LogP contribution in [-0.2, 0) is 4.74 Å². The van der Waals surface area contributed by atoms with Gasteiger partial charge in [0.2, 0.25) is 0 Å². The van der Waals surface area contributed by atoms with E-state index in [9.17, 15) is 4.79 Å². The fraction of sp³-hybridized carbons (Fsp3) is 0.0714. The van der Waals surface area contributed by atoms with E-state index in [2.05, 4.69) is 20.6 Å². The van der Waals surface area contributed by atoms with E-state index in [1.807, 2.05) is 0 Å². The van der Waals surface area contributed by atoms with Gasteiger partial charge in [-0.15, -0.1) is 6.42 Å². The maximum absolute atomic E-state index is 11.2. The number of nitrogens with zero attached hydrogens (tertiary/aromatic N) is 2. The van der Waals surface area contributed by atoms with Crippen molar-refractivity contribution in [1.82, 2.24) is 9.97 Å². The second kappa shape index (κ2) is 5.11. The molecule has 88 valence electrons. The minimum Gasteiger partial charge on any atom is -0.465 e. The first-order valence-electron chi connectivity index (χ1n) is 5.22. The summed E-state index contributed by atoms with van der Waals surface area (Å²) in [5.41, 5.74) is 2.49. The third-order valence-corrected chi connectivity index (χ3v) is 2.38. The smallest absolute Gasteiger partial charge is 0.339 e. The first-order valence-corrected chi connectivity index (χ1v) is 5.22. The Labute approximate surface area is 105 Å². The van der Waals surface area contributed by atoms with E-state index in [4.69, 9.17) is 6.42 Å². The van der Waals surface area contributed by atoms with Crippen molar-refractivity contribution in [3.05, 3.63) is 47.8 Å². The molecule has 0 aliphatic carbocycles. The number of terminal acetylenes is 1. The Hall–Kier alpha value is -2.67. The molecule has 18 heavy (non-hydrogen) atoms. The molecule has 4 heteroatoms. The van der Waals surface area contributed by atoms with Crippen molar-refractivity contribution in [2.75, 3.05) is 7.11 Å². The predicted molar refractivity (Wildman–Crippen MR) is 66.7 cm³/mol. The molecular weight excluding hydrogens is 228 g/mol. The summed E-state index contributed by atoms with van der Waals surface area (Å²) in [6.45, 7) is 0. The van der Waals surface area contributed by atoms with Gasteiger partial charge >= 0.3 is 5.97 Å². The minimum absolute atomic E-state index is 0.404. The van der Waals surface area contributed by atoms with E-state index >= 15 is 0 Å². The molecule has 2 aromatic heterocycles. The summed E-state index contributed by atoms with van der Waals surface area (Å²) in [5.74, 6) is 2.08. The number of carbonyl (C=O) groups excluding carboxylic acids is 1. The van der Waals surface area contributed by atoms with Gasteiger partial charge in [-0.25, -0.2) is 4.79 Å². The lowest BCUT2D eigenvalue weighted by Gasteiger charge is -2.02. The van der Waals surface area contributed by atoms with Gasteiger partial charge < -0.3 is 4.74 Å². The van der Waals surface area contributed by atoms with Crippen LogP contribution < -0.4 is 0 Å². The monoisotopic (exact) mass is 238 g/mol. The Morgan fingerprint density at radius 3 is 2.28 bits per heavy atom. The second-order valence-corrected chi connectivity index (χ2v) is 3.50. The highest BCUT2D eigenvalue weighted by Crippen LogP contribution is 2.14. The zero-order valence-corrected chi connectivity index (χ0v) is 9.75. The van der Waals surface area contributed by atoms with Gasteiger partial charge in [0.1, 0.15) is 0 Å². The molecule has 0 bridgehead atoms. The average Bonchev–Trinajstić information content (AvgIpc) is 2.47.